The van der Waals surface area contributed by atoms with Crippen LogP contribution in [0.1, 0.15) is 36.1 Å². The van der Waals surface area contributed by atoms with Crippen LogP contribution in [0.2, 0.25) is 0 Å². The van der Waals surface area contributed by atoms with E-state index >= 15 is 0 Å². The summed E-state index contributed by atoms with van der Waals surface area (Å²) in [4.78, 5) is 29.8. The summed E-state index contributed by atoms with van der Waals surface area (Å²) in [6.07, 6.45) is 0.258. The number of carbonyl (C=O) groups excluding carboxylic acids is 2. The first kappa shape index (κ1) is 33.0. The van der Waals surface area contributed by atoms with Gasteiger partial charge < -0.3 is 10.2 Å². The van der Waals surface area contributed by atoms with Crippen molar-refractivity contribution in [3.8, 4) is 0 Å². The Bertz CT molecular complexity index is 1680. The lowest BCUT2D eigenvalue weighted by molar-refractivity contribution is -0.140. The third-order valence-electron chi connectivity index (χ3n) is 7.15. The van der Waals surface area contributed by atoms with Gasteiger partial charge in [-0.1, -0.05) is 93.8 Å². The number of hydrogen-bond acceptors (Lipinski definition) is 4. The lowest BCUT2D eigenvalue weighted by Gasteiger charge is -2.34. The van der Waals surface area contributed by atoms with Gasteiger partial charge in [0.1, 0.15) is 12.6 Å². The van der Waals surface area contributed by atoms with E-state index in [-0.39, 0.29) is 29.8 Å². The van der Waals surface area contributed by atoms with E-state index in [4.69, 9.17) is 0 Å². The van der Waals surface area contributed by atoms with E-state index in [0.29, 0.717) is 5.69 Å². The third-order valence-corrected chi connectivity index (χ3v) is 9.44. The van der Waals surface area contributed by atoms with Gasteiger partial charge in [-0.3, -0.25) is 13.9 Å². The monoisotopic (exact) mass is 675 g/mol. The molecule has 0 aromatic heterocycles. The van der Waals surface area contributed by atoms with Crippen LogP contribution < -0.4 is 9.62 Å². The molecule has 44 heavy (non-hydrogen) atoms. The highest BCUT2D eigenvalue weighted by atomic mass is 79.9. The summed E-state index contributed by atoms with van der Waals surface area (Å²) in [6, 6.07) is 29.5. The standard InChI is InChI=1S/C35H38BrN3O4S/c1-25(2)37-35(41)33(22-28-9-6-5-7-10-28)38(23-29-11-8-12-30(36)21-29)34(40)24-39(31-17-13-26(3)14-18-31)44(42,43)32-19-15-27(4)16-20-32/h5-21,25,33H,22-24H2,1-4H3,(H,37,41)/t33-/m1/s1. The van der Waals surface area contributed by atoms with Crippen LogP contribution in [0.15, 0.2) is 112 Å². The van der Waals surface area contributed by atoms with E-state index in [0.717, 1.165) is 31.0 Å². The van der Waals surface area contributed by atoms with Crippen LogP contribution >= 0.6 is 15.9 Å². The Labute approximate surface area is 269 Å². The highest BCUT2D eigenvalue weighted by molar-refractivity contribution is 9.10. The molecular formula is C35H38BrN3O4S. The van der Waals surface area contributed by atoms with E-state index in [1.165, 1.54) is 4.90 Å². The molecule has 2 amide bonds. The molecule has 0 heterocycles. The van der Waals surface area contributed by atoms with Crippen molar-refractivity contribution in [1.29, 1.82) is 0 Å². The second-order valence-electron chi connectivity index (χ2n) is 11.2. The molecule has 0 radical (unpaired) electrons. The molecule has 0 aliphatic carbocycles. The fourth-order valence-electron chi connectivity index (χ4n) is 4.84. The smallest absolute Gasteiger partial charge is 0.264 e. The van der Waals surface area contributed by atoms with Gasteiger partial charge in [0, 0.05) is 23.5 Å². The predicted octanol–water partition coefficient (Wildman–Crippen LogP) is 6.43. The number of carbonyl (C=O) groups is 2. The lowest BCUT2D eigenvalue weighted by Crippen LogP contribution is -2.54. The molecule has 0 aliphatic rings. The minimum atomic E-state index is -4.14. The molecule has 0 fully saturated rings. The zero-order valence-corrected chi connectivity index (χ0v) is 27.8. The van der Waals surface area contributed by atoms with E-state index < -0.39 is 28.5 Å². The highest BCUT2D eigenvalue weighted by Crippen LogP contribution is 2.26. The van der Waals surface area contributed by atoms with Gasteiger partial charge in [-0.25, -0.2) is 8.42 Å². The molecule has 0 saturated carbocycles. The van der Waals surface area contributed by atoms with Gasteiger partial charge in [-0.05, 0) is 75.2 Å². The Morgan fingerprint density at radius 1 is 0.795 bits per heavy atom. The van der Waals surface area contributed by atoms with Crippen molar-refractivity contribution >= 4 is 43.5 Å². The maximum absolute atomic E-state index is 14.5. The molecule has 4 aromatic rings. The minimum absolute atomic E-state index is 0.0772. The Hall–Kier alpha value is -3.95. The number of halogens is 1. The number of nitrogens with one attached hydrogen (secondary N) is 1. The van der Waals surface area contributed by atoms with Crippen LogP contribution in [0.25, 0.3) is 0 Å². The van der Waals surface area contributed by atoms with Crippen molar-refractivity contribution in [2.75, 3.05) is 10.8 Å². The summed E-state index contributed by atoms with van der Waals surface area (Å²) in [5.41, 5.74) is 3.91. The number of amides is 2. The summed E-state index contributed by atoms with van der Waals surface area (Å²) in [7, 11) is -4.14. The average Bonchev–Trinajstić information content (AvgIpc) is 2.98. The zero-order valence-electron chi connectivity index (χ0n) is 25.4. The second-order valence-corrected chi connectivity index (χ2v) is 14.0. The molecule has 7 nitrogen and oxygen atoms in total. The Morgan fingerprint density at radius 3 is 1.98 bits per heavy atom. The van der Waals surface area contributed by atoms with Crippen LogP contribution in [-0.2, 0) is 32.6 Å². The first-order chi connectivity index (χ1) is 20.9. The molecule has 1 atom stereocenters. The SMILES string of the molecule is Cc1ccc(N(CC(=O)N(Cc2cccc(Br)c2)[C@H](Cc2ccccc2)C(=O)NC(C)C)S(=O)(=O)c2ccc(C)cc2)cc1. The number of nitrogens with zero attached hydrogens (tertiary/aromatic N) is 2. The minimum Gasteiger partial charge on any atom is -0.352 e. The maximum atomic E-state index is 14.5. The van der Waals surface area contributed by atoms with E-state index in [2.05, 4.69) is 21.2 Å². The molecule has 1 N–H and O–H groups in total. The first-order valence-corrected chi connectivity index (χ1v) is 16.7. The normalized spacial score (nSPS) is 12.0. The molecule has 0 unspecified atom stereocenters. The molecular weight excluding hydrogens is 638 g/mol. The number of benzene rings is 4. The predicted molar refractivity (Wildman–Crippen MR) is 179 cm³/mol. The molecule has 0 spiro atoms. The number of aryl methyl sites for hydroxylation is 2. The molecule has 0 bridgehead atoms. The summed E-state index contributed by atoms with van der Waals surface area (Å²) in [6.45, 7) is 7.14. The molecule has 230 valence electrons. The fraction of sp³-hybridized carbons (Fsp3) is 0.257. The van der Waals surface area contributed by atoms with Gasteiger partial charge in [0.2, 0.25) is 11.8 Å². The average molecular weight is 677 g/mol. The molecule has 0 aliphatic heterocycles. The summed E-state index contributed by atoms with van der Waals surface area (Å²) < 4.78 is 30.2. The van der Waals surface area contributed by atoms with Crippen LogP contribution in [0.3, 0.4) is 0 Å². The highest BCUT2D eigenvalue weighted by Gasteiger charge is 2.34. The Kier molecular flexibility index (Phi) is 11.0. The van der Waals surface area contributed by atoms with Crippen molar-refractivity contribution in [2.45, 2.75) is 57.6 Å². The topological polar surface area (TPSA) is 86.8 Å². The first-order valence-electron chi connectivity index (χ1n) is 14.5. The van der Waals surface area contributed by atoms with Gasteiger partial charge in [-0.2, -0.15) is 0 Å². The lowest BCUT2D eigenvalue weighted by atomic mass is 10.0. The molecule has 4 rings (SSSR count). The Balaban J connectivity index is 1.80. The summed E-state index contributed by atoms with van der Waals surface area (Å²) in [5, 5.41) is 2.97. The van der Waals surface area contributed by atoms with Crippen molar-refractivity contribution in [3.05, 3.63) is 130 Å². The number of sulfonamides is 1. The third kappa shape index (κ3) is 8.57. The van der Waals surface area contributed by atoms with E-state index in [1.54, 1.807) is 36.4 Å². The maximum Gasteiger partial charge on any atom is 0.264 e. The number of rotatable bonds is 12. The summed E-state index contributed by atoms with van der Waals surface area (Å²) in [5.74, 6) is -0.809. The van der Waals surface area contributed by atoms with Crippen molar-refractivity contribution in [2.24, 2.45) is 0 Å². The van der Waals surface area contributed by atoms with Crippen molar-refractivity contribution < 1.29 is 18.0 Å². The molecule has 9 heteroatoms. The van der Waals surface area contributed by atoms with Gasteiger partial charge in [0.15, 0.2) is 0 Å². The van der Waals surface area contributed by atoms with Gasteiger partial charge in [-0.15, -0.1) is 0 Å². The summed E-state index contributed by atoms with van der Waals surface area (Å²) >= 11 is 3.51. The molecule has 4 aromatic carbocycles. The zero-order chi connectivity index (χ0) is 31.9. The Morgan fingerprint density at radius 2 is 1.39 bits per heavy atom. The van der Waals surface area contributed by atoms with Gasteiger partial charge in [0.05, 0.1) is 10.6 Å². The number of hydrogen-bond donors (Lipinski definition) is 1. The second kappa shape index (κ2) is 14.7. The number of anilines is 1. The van der Waals surface area contributed by atoms with Crippen molar-refractivity contribution in [3.63, 3.8) is 0 Å². The van der Waals surface area contributed by atoms with Crippen LogP contribution in [0, 0.1) is 13.8 Å². The van der Waals surface area contributed by atoms with Gasteiger partial charge in [0.25, 0.3) is 10.0 Å². The quantitative estimate of drug-likeness (QED) is 0.188. The van der Waals surface area contributed by atoms with Crippen LogP contribution in [0.5, 0.6) is 0 Å². The largest absolute Gasteiger partial charge is 0.352 e. The van der Waals surface area contributed by atoms with E-state index in [9.17, 15) is 18.0 Å². The van der Waals surface area contributed by atoms with Crippen molar-refractivity contribution in [1.82, 2.24) is 10.2 Å². The van der Waals surface area contributed by atoms with Gasteiger partial charge >= 0.3 is 0 Å². The van der Waals surface area contributed by atoms with Crippen LogP contribution in [-0.4, -0.2) is 43.8 Å². The molecule has 0 saturated heterocycles. The fourth-order valence-corrected chi connectivity index (χ4v) is 6.70. The van der Waals surface area contributed by atoms with Crippen LogP contribution in [0.4, 0.5) is 5.69 Å². The van der Waals surface area contributed by atoms with E-state index in [1.807, 2.05) is 94.4 Å².